The second kappa shape index (κ2) is 4.07. The summed E-state index contributed by atoms with van der Waals surface area (Å²) >= 11 is 0. The molecule has 0 saturated carbocycles. The van der Waals surface area contributed by atoms with Crippen molar-refractivity contribution in [3.63, 3.8) is 0 Å². The van der Waals surface area contributed by atoms with Gasteiger partial charge in [0.05, 0.1) is 0 Å². The number of carbonyl (C=O) groups excluding carboxylic acids is 1. The first-order chi connectivity index (χ1) is 9.18. The summed E-state index contributed by atoms with van der Waals surface area (Å²) in [6, 6.07) is 16.2. The molecule has 94 valence electrons. The molecule has 0 aromatic heterocycles. The van der Waals surface area contributed by atoms with Crippen molar-refractivity contribution in [2.45, 2.75) is 5.72 Å². The maximum Gasteiger partial charge on any atom is 0.261 e. The topological polar surface area (TPSA) is 40.5 Å². The summed E-state index contributed by atoms with van der Waals surface area (Å²) in [5.74, 6) is -0.218. The monoisotopic (exact) mass is 251 g/mol. The maximum atomic E-state index is 12.5. The number of carbonyl (C=O) groups is 1. The largest absolute Gasteiger partial charge is 0.363 e. The lowest BCUT2D eigenvalue weighted by Gasteiger charge is -2.31. The molecule has 1 aliphatic heterocycles. The van der Waals surface area contributed by atoms with E-state index in [0.29, 0.717) is 16.8 Å². The average Bonchev–Trinajstić information content (AvgIpc) is 2.70. The summed E-state index contributed by atoms with van der Waals surface area (Å²) in [6.45, 7) is 3.68. The molecular formula is C16H13NO2. The first kappa shape index (κ1) is 11.7. The van der Waals surface area contributed by atoms with Crippen LogP contribution in [-0.4, -0.2) is 11.0 Å². The van der Waals surface area contributed by atoms with E-state index in [1.807, 2.05) is 18.2 Å². The number of anilines is 1. The van der Waals surface area contributed by atoms with E-state index in [-0.39, 0.29) is 5.91 Å². The third-order valence-electron chi connectivity index (χ3n) is 3.40. The normalized spacial score (nSPS) is 21.3. The van der Waals surface area contributed by atoms with Crippen molar-refractivity contribution in [1.82, 2.24) is 0 Å². The molecule has 1 atom stereocenters. The SMILES string of the molecule is C=CC1(O)c2ccccc2C(=O)N1c1ccccc1. The highest BCUT2D eigenvalue weighted by atomic mass is 16.3. The van der Waals surface area contributed by atoms with Crippen LogP contribution in [0.4, 0.5) is 5.69 Å². The predicted octanol–water partition coefficient (Wildman–Crippen LogP) is 2.68. The number of rotatable bonds is 2. The van der Waals surface area contributed by atoms with E-state index in [2.05, 4.69) is 6.58 Å². The van der Waals surface area contributed by atoms with Crippen LogP contribution >= 0.6 is 0 Å². The Kier molecular flexibility index (Phi) is 2.50. The fourth-order valence-electron chi connectivity index (χ4n) is 2.48. The fourth-order valence-corrected chi connectivity index (χ4v) is 2.48. The van der Waals surface area contributed by atoms with Gasteiger partial charge in [0.15, 0.2) is 5.72 Å². The van der Waals surface area contributed by atoms with Gasteiger partial charge in [-0.3, -0.25) is 9.69 Å². The highest BCUT2D eigenvalue weighted by Gasteiger charge is 2.47. The molecule has 1 heterocycles. The van der Waals surface area contributed by atoms with Crippen LogP contribution in [-0.2, 0) is 5.72 Å². The second-order valence-corrected chi connectivity index (χ2v) is 4.45. The number of para-hydroxylation sites is 1. The van der Waals surface area contributed by atoms with Gasteiger partial charge in [-0.05, 0) is 24.3 Å². The molecule has 1 aliphatic rings. The third kappa shape index (κ3) is 1.52. The summed E-state index contributed by atoms with van der Waals surface area (Å²) in [5, 5.41) is 10.8. The number of hydrogen-bond donors (Lipinski definition) is 1. The summed E-state index contributed by atoms with van der Waals surface area (Å²) in [4.78, 5) is 13.9. The summed E-state index contributed by atoms with van der Waals surface area (Å²) in [5.41, 5.74) is 0.230. The van der Waals surface area contributed by atoms with Gasteiger partial charge >= 0.3 is 0 Å². The van der Waals surface area contributed by atoms with E-state index >= 15 is 0 Å². The number of aliphatic hydroxyl groups is 1. The Morgan fingerprint density at radius 1 is 1.05 bits per heavy atom. The lowest BCUT2D eigenvalue weighted by Crippen LogP contribution is -2.42. The number of hydrogen-bond acceptors (Lipinski definition) is 2. The highest BCUT2D eigenvalue weighted by molar-refractivity contribution is 6.12. The minimum absolute atomic E-state index is 0.218. The molecule has 0 radical (unpaired) electrons. The fraction of sp³-hybridized carbons (Fsp3) is 0.0625. The Balaban J connectivity index is 2.23. The predicted molar refractivity (Wildman–Crippen MR) is 73.8 cm³/mol. The molecule has 2 aromatic rings. The van der Waals surface area contributed by atoms with Gasteiger partial charge in [0.25, 0.3) is 5.91 Å². The lowest BCUT2D eigenvalue weighted by molar-refractivity contribution is 0.0749. The van der Waals surface area contributed by atoms with Crippen LogP contribution in [0.5, 0.6) is 0 Å². The Hall–Kier alpha value is -2.39. The van der Waals surface area contributed by atoms with Gasteiger partial charge in [0.1, 0.15) is 0 Å². The van der Waals surface area contributed by atoms with E-state index in [9.17, 15) is 9.90 Å². The first-order valence-electron chi connectivity index (χ1n) is 6.03. The van der Waals surface area contributed by atoms with Gasteiger partial charge in [0.2, 0.25) is 0 Å². The Morgan fingerprint density at radius 2 is 1.68 bits per heavy atom. The van der Waals surface area contributed by atoms with Crippen molar-refractivity contribution < 1.29 is 9.90 Å². The molecular weight excluding hydrogens is 238 g/mol. The number of nitrogens with zero attached hydrogens (tertiary/aromatic N) is 1. The van der Waals surface area contributed by atoms with Crippen molar-refractivity contribution in [1.29, 1.82) is 0 Å². The first-order valence-corrected chi connectivity index (χ1v) is 6.03. The quantitative estimate of drug-likeness (QED) is 0.834. The summed E-state index contributed by atoms with van der Waals surface area (Å²) < 4.78 is 0. The van der Waals surface area contributed by atoms with Crippen LogP contribution in [0.1, 0.15) is 15.9 Å². The zero-order chi connectivity index (χ0) is 13.5. The molecule has 1 amide bonds. The Morgan fingerprint density at radius 3 is 2.37 bits per heavy atom. The van der Waals surface area contributed by atoms with Crippen molar-refractivity contribution in [2.75, 3.05) is 4.90 Å². The van der Waals surface area contributed by atoms with Crippen LogP contribution in [0.3, 0.4) is 0 Å². The van der Waals surface area contributed by atoms with Gasteiger partial charge < -0.3 is 5.11 Å². The highest BCUT2D eigenvalue weighted by Crippen LogP contribution is 2.40. The second-order valence-electron chi connectivity index (χ2n) is 4.45. The van der Waals surface area contributed by atoms with Crippen molar-refractivity contribution >= 4 is 11.6 Å². The minimum Gasteiger partial charge on any atom is -0.363 e. The molecule has 19 heavy (non-hydrogen) atoms. The molecule has 3 rings (SSSR count). The van der Waals surface area contributed by atoms with E-state index in [1.165, 1.54) is 11.0 Å². The number of fused-ring (bicyclic) bond motifs is 1. The minimum atomic E-state index is -1.49. The van der Waals surface area contributed by atoms with Gasteiger partial charge in [0, 0.05) is 16.8 Å². The van der Waals surface area contributed by atoms with Crippen LogP contribution in [0.2, 0.25) is 0 Å². The summed E-state index contributed by atoms with van der Waals surface area (Å²) in [6.07, 6.45) is 1.39. The molecule has 0 aliphatic carbocycles. The van der Waals surface area contributed by atoms with Gasteiger partial charge in [-0.15, -0.1) is 0 Å². The van der Waals surface area contributed by atoms with Gasteiger partial charge in [-0.25, -0.2) is 0 Å². The zero-order valence-corrected chi connectivity index (χ0v) is 10.3. The van der Waals surface area contributed by atoms with E-state index in [4.69, 9.17) is 0 Å². The Bertz CT molecular complexity index is 651. The zero-order valence-electron chi connectivity index (χ0n) is 10.3. The van der Waals surface area contributed by atoms with Crippen LogP contribution in [0.15, 0.2) is 67.3 Å². The van der Waals surface area contributed by atoms with Crippen LogP contribution < -0.4 is 4.90 Å². The summed E-state index contributed by atoms with van der Waals surface area (Å²) in [7, 11) is 0. The molecule has 0 saturated heterocycles. The number of amides is 1. The molecule has 3 nitrogen and oxygen atoms in total. The lowest BCUT2D eigenvalue weighted by atomic mass is 10.0. The smallest absolute Gasteiger partial charge is 0.261 e. The molecule has 0 spiro atoms. The van der Waals surface area contributed by atoms with Crippen LogP contribution in [0, 0.1) is 0 Å². The van der Waals surface area contributed by atoms with E-state index < -0.39 is 5.72 Å². The van der Waals surface area contributed by atoms with E-state index in [1.54, 1.807) is 36.4 Å². The van der Waals surface area contributed by atoms with Gasteiger partial charge in [-0.2, -0.15) is 0 Å². The Labute approximate surface area is 111 Å². The third-order valence-corrected chi connectivity index (χ3v) is 3.40. The van der Waals surface area contributed by atoms with E-state index in [0.717, 1.165) is 0 Å². The van der Waals surface area contributed by atoms with Crippen molar-refractivity contribution in [3.05, 3.63) is 78.4 Å². The number of benzene rings is 2. The molecule has 1 unspecified atom stereocenters. The molecule has 1 N–H and O–H groups in total. The maximum absolute atomic E-state index is 12.5. The van der Waals surface area contributed by atoms with Crippen molar-refractivity contribution in [3.8, 4) is 0 Å². The molecule has 3 heteroatoms. The van der Waals surface area contributed by atoms with Crippen LogP contribution in [0.25, 0.3) is 0 Å². The van der Waals surface area contributed by atoms with Gasteiger partial charge in [-0.1, -0.05) is 43.0 Å². The molecule has 0 bridgehead atoms. The molecule has 0 fully saturated rings. The molecule has 2 aromatic carbocycles. The average molecular weight is 251 g/mol. The standard InChI is InChI=1S/C16H13NO2/c1-2-16(19)14-11-7-6-10-13(14)15(18)17(16)12-8-4-3-5-9-12/h2-11,19H,1H2. The van der Waals surface area contributed by atoms with Crippen molar-refractivity contribution in [2.24, 2.45) is 0 Å².